The second-order valence-electron chi connectivity index (χ2n) is 18.4. The third-order valence-electron chi connectivity index (χ3n) is 14.2. The molecule has 0 saturated carbocycles. The number of fused-ring (bicyclic) bond motifs is 4. The number of nitrogens with one attached hydrogen (secondary N) is 2. The zero-order valence-electron chi connectivity index (χ0n) is 41.5. The van der Waals surface area contributed by atoms with Crippen LogP contribution in [-0.4, -0.2) is 84.2 Å². The van der Waals surface area contributed by atoms with Gasteiger partial charge >= 0.3 is 23.9 Å². The van der Waals surface area contributed by atoms with Crippen LogP contribution in [0.4, 0.5) is 15.6 Å². The van der Waals surface area contributed by atoms with Gasteiger partial charge in [-0.1, -0.05) is 145 Å². The van der Waals surface area contributed by atoms with Gasteiger partial charge < -0.3 is 34.7 Å². The maximum Gasteiger partial charge on any atom is 0.329 e. The lowest BCUT2D eigenvalue weighted by Crippen LogP contribution is -2.55. The van der Waals surface area contributed by atoms with Crippen LogP contribution in [0.3, 0.4) is 0 Å². The van der Waals surface area contributed by atoms with E-state index in [0.717, 1.165) is 29.4 Å². The first-order chi connectivity index (χ1) is 37.0. The Balaban J connectivity index is 1.27. The number of imide groups is 1. The van der Waals surface area contributed by atoms with E-state index in [1.165, 1.54) is 11.3 Å². The van der Waals surface area contributed by atoms with E-state index in [4.69, 9.17) is 23.9 Å². The second-order valence-corrected chi connectivity index (χ2v) is 19.4. The highest BCUT2D eigenvalue weighted by Crippen LogP contribution is 2.67. The lowest BCUT2D eigenvalue weighted by Gasteiger charge is -2.46. The van der Waals surface area contributed by atoms with Crippen LogP contribution in [0.5, 0.6) is 5.75 Å². The number of hydrogen-bond donors (Lipinski definition) is 3. The molecule has 4 amide bonds. The fourth-order valence-corrected chi connectivity index (χ4v) is 11.8. The Morgan fingerprint density at radius 3 is 2.13 bits per heavy atom. The first-order valence-electron chi connectivity index (χ1n) is 24.6. The molecular formula is C59H51N5O11S. The molecule has 0 radical (unpaired) electrons. The van der Waals surface area contributed by atoms with E-state index in [1.54, 1.807) is 55.5 Å². The van der Waals surface area contributed by atoms with Crippen LogP contribution in [0.2, 0.25) is 0 Å². The SMILES string of the molecule is COC(=O)C(CC#Cc1ccc2c(c1)[C@]1(C(=O)N2C(=O)N[C@H](C)c2ccccc2)[C@H](C(=O)Nc2nc3ccccc3s2)[C@H]2C(=O)O[C@H](c3ccccc3)[C@H](c3ccccc3)N2[C@@H]1c1ccccc1OCCO)C(=O)OC. The van der Waals surface area contributed by atoms with E-state index in [1.807, 2.05) is 114 Å². The number of cyclic esters (lactones) is 1. The maximum absolute atomic E-state index is 16.9. The highest BCUT2D eigenvalue weighted by atomic mass is 32.1. The second kappa shape index (κ2) is 21.6. The van der Waals surface area contributed by atoms with Gasteiger partial charge in [0.25, 0.3) is 0 Å². The third-order valence-corrected chi connectivity index (χ3v) is 15.1. The Morgan fingerprint density at radius 1 is 0.803 bits per heavy atom. The minimum atomic E-state index is -2.23. The van der Waals surface area contributed by atoms with E-state index in [2.05, 4.69) is 22.5 Å². The van der Waals surface area contributed by atoms with Crippen molar-refractivity contribution in [3.05, 3.63) is 191 Å². The van der Waals surface area contributed by atoms with Crippen molar-refractivity contribution in [1.29, 1.82) is 0 Å². The standard InChI is InChI=1S/C59H51N5O11S/c1-35(37-19-7-4-8-20-37)60-58(71)63-44-31-30-36(18-17-26-41(53(67)72-2)54(68)73-3)34-42(44)59(56(63)70)47(52(66)62-57-61-43-27-14-16-29-46(43)76-57)49-55(69)75-50(39-23-11-6-12-24-39)48(38-21-9-5-10-22-38)64(49)51(59)40-25-13-15-28-45(40)74-33-32-65/h4-16,19-25,27-31,34-35,41,47-51,65H,26,32-33H2,1-3H3,(H,60,71)(H,61,62,66)/t35-,47+,48+,49+,50-,51-,59+/m1/s1. The summed E-state index contributed by atoms with van der Waals surface area (Å²) in [6, 6.07) is 41.5. The number of benzene rings is 6. The number of para-hydroxylation sites is 2. The molecule has 3 aliphatic rings. The molecule has 17 heteroatoms. The molecule has 2 saturated heterocycles. The number of amides is 4. The van der Waals surface area contributed by atoms with Gasteiger partial charge in [-0.2, -0.15) is 0 Å². The molecule has 3 N–H and O–H groups in total. The zero-order chi connectivity index (χ0) is 53.1. The number of rotatable bonds is 13. The number of morpholine rings is 1. The lowest BCUT2D eigenvalue weighted by atomic mass is 9.65. The van der Waals surface area contributed by atoms with Crippen molar-refractivity contribution in [3.63, 3.8) is 0 Å². The van der Waals surface area contributed by atoms with E-state index in [-0.39, 0.29) is 47.3 Å². The first kappa shape index (κ1) is 50.8. The molecule has 16 nitrogen and oxygen atoms in total. The molecule has 1 spiro atoms. The van der Waals surface area contributed by atoms with Gasteiger partial charge in [-0.25, -0.2) is 14.7 Å². The van der Waals surface area contributed by atoms with Crippen LogP contribution in [0.1, 0.15) is 71.0 Å². The third kappa shape index (κ3) is 9.10. The fraction of sp³-hybridized carbons (Fsp3) is 0.237. The summed E-state index contributed by atoms with van der Waals surface area (Å²) in [4.78, 5) is 97.1. The number of aliphatic hydroxyl groups is 1. The van der Waals surface area contributed by atoms with Crippen LogP contribution < -0.4 is 20.3 Å². The summed E-state index contributed by atoms with van der Waals surface area (Å²) < 4.78 is 23.5. The predicted octanol–water partition coefficient (Wildman–Crippen LogP) is 8.15. The van der Waals surface area contributed by atoms with Gasteiger partial charge in [0.2, 0.25) is 11.8 Å². The van der Waals surface area contributed by atoms with Gasteiger partial charge in [0.05, 0.1) is 60.8 Å². The van der Waals surface area contributed by atoms with Gasteiger partial charge in [0.1, 0.15) is 29.9 Å². The number of carbonyl (C=O) groups excluding carboxylic acids is 6. The highest BCUT2D eigenvalue weighted by molar-refractivity contribution is 7.22. The summed E-state index contributed by atoms with van der Waals surface area (Å²) in [5.74, 6) is -1.03. The lowest BCUT2D eigenvalue weighted by molar-refractivity contribution is -0.178. The molecule has 3 aliphatic heterocycles. The molecule has 2 fully saturated rings. The topological polar surface area (TPSA) is 203 Å². The Kier molecular flexibility index (Phi) is 14.5. The number of nitrogens with zero attached hydrogens (tertiary/aromatic N) is 3. The van der Waals surface area contributed by atoms with Crippen LogP contribution in [0.25, 0.3) is 10.2 Å². The molecular weight excluding hydrogens is 987 g/mol. The van der Waals surface area contributed by atoms with Crippen LogP contribution in [0, 0.1) is 23.7 Å². The average molecular weight is 1040 g/mol. The summed E-state index contributed by atoms with van der Waals surface area (Å²) >= 11 is 1.21. The van der Waals surface area contributed by atoms with E-state index in [9.17, 15) is 14.7 Å². The van der Waals surface area contributed by atoms with Crippen molar-refractivity contribution in [2.75, 3.05) is 37.7 Å². The number of thiazole rings is 1. The summed E-state index contributed by atoms with van der Waals surface area (Å²) in [6.45, 7) is 1.25. The normalized spacial score (nSPS) is 21.0. The summed E-state index contributed by atoms with van der Waals surface area (Å²) in [7, 11) is 2.29. The molecule has 0 unspecified atom stereocenters. The Bertz CT molecular complexity index is 3370. The Morgan fingerprint density at radius 2 is 1.45 bits per heavy atom. The van der Waals surface area contributed by atoms with Crippen LogP contribution in [0.15, 0.2) is 158 Å². The number of methoxy groups -OCH3 is 2. The summed E-state index contributed by atoms with van der Waals surface area (Å²) in [5, 5.41) is 16.4. The van der Waals surface area contributed by atoms with E-state index in [0.29, 0.717) is 22.2 Å². The number of aliphatic hydroxyl groups excluding tert-OH is 1. The number of carbonyl (C=O) groups is 6. The van der Waals surface area contributed by atoms with E-state index >= 15 is 19.2 Å². The molecule has 0 aliphatic carbocycles. The van der Waals surface area contributed by atoms with Crippen molar-refractivity contribution >= 4 is 68.1 Å². The Hall–Kier alpha value is -8.69. The number of hydrogen-bond acceptors (Lipinski definition) is 14. The van der Waals surface area contributed by atoms with Crippen molar-refractivity contribution in [1.82, 2.24) is 15.2 Å². The monoisotopic (exact) mass is 1040 g/mol. The van der Waals surface area contributed by atoms with Crippen molar-refractivity contribution in [3.8, 4) is 17.6 Å². The van der Waals surface area contributed by atoms with E-state index < -0.39 is 83.3 Å². The molecule has 384 valence electrons. The number of aromatic nitrogens is 1. The minimum Gasteiger partial charge on any atom is -0.491 e. The fourth-order valence-electron chi connectivity index (χ4n) is 10.9. The van der Waals surface area contributed by atoms with Gasteiger partial charge in [-0.3, -0.25) is 28.9 Å². The highest BCUT2D eigenvalue weighted by Gasteiger charge is 2.76. The Labute approximate surface area is 441 Å². The molecule has 10 rings (SSSR count). The predicted molar refractivity (Wildman–Crippen MR) is 282 cm³/mol. The number of esters is 3. The largest absolute Gasteiger partial charge is 0.491 e. The summed E-state index contributed by atoms with van der Waals surface area (Å²) in [6.07, 6.45) is -1.32. The zero-order valence-corrected chi connectivity index (χ0v) is 42.3. The summed E-state index contributed by atoms with van der Waals surface area (Å²) in [5.41, 5.74) is 1.30. The molecule has 7 aromatic rings. The van der Waals surface area contributed by atoms with Gasteiger partial charge in [-0.05, 0) is 65.6 Å². The van der Waals surface area contributed by atoms with Gasteiger partial charge in [-0.15, -0.1) is 0 Å². The quantitative estimate of drug-likeness (QED) is 0.0433. The number of ether oxygens (including phenoxy) is 4. The van der Waals surface area contributed by atoms with Crippen molar-refractivity contribution in [2.24, 2.45) is 11.8 Å². The molecule has 6 aromatic carbocycles. The average Bonchev–Trinajstić information content (AvgIpc) is 4.25. The van der Waals surface area contributed by atoms with Crippen LogP contribution >= 0.6 is 11.3 Å². The molecule has 1 aromatic heterocycles. The maximum atomic E-state index is 16.9. The molecule has 7 atom stereocenters. The minimum absolute atomic E-state index is 0.0935. The van der Waals surface area contributed by atoms with Crippen molar-refractivity contribution < 1.29 is 52.8 Å². The van der Waals surface area contributed by atoms with Gasteiger partial charge in [0.15, 0.2) is 11.0 Å². The molecule has 4 heterocycles. The van der Waals surface area contributed by atoms with Gasteiger partial charge in [0, 0.05) is 17.5 Å². The molecule has 0 bridgehead atoms. The number of urea groups is 1. The molecule has 76 heavy (non-hydrogen) atoms. The number of anilines is 2. The smallest absolute Gasteiger partial charge is 0.329 e. The van der Waals surface area contributed by atoms with Crippen LogP contribution in [-0.2, 0) is 43.6 Å². The van der Waals surface area contributed by atoms with Crippen molar-refractivity contribution in [2.45, 2.75) is 49.0 Å². The first-order valence-corrected chi connectivity index (χ1v) is 25.4.